The highest BCUT2D eigenvalue weighted by Crippen LogP contribution is 2.14. The molecule has 0 aromatic heterocycles. The summed E-state index contributed by atoms with van der Waals surface area (Å²) in [4.78, 5) is -0.149. The molecule has 0 nitrogen and oxygen atoms in total. The SMILES string of the molecule is CC[SiH2]CCCCCCCCCC(Cl)Cl. The summed E-state index contributed by atoms with van der Waals surface area (Å²) in [7, 11) is 0.336. The number of halogens is 2. The third-order valence-corrected chi connectivity index (χ3v) is 4.92. The highest BCUT2D eigenvalue weighted by atomic mass is 35.5. The Hall–Kier alpha value is 0.797. The predicted molar refractivity (Wildman–Crippen MR) is 76.3 cm³/mol. The van der Waals surface area contributed by atoms with Gasteiger partial charge < -0.3 is 0 Å². The first-order chi connectivity index (χ1) is 7.27. The second kappa shape index (κ2) is 12.9. The molecule has 0 spiro atoms. The van der Waals surface area contributed by atoms with Crippen LogP contribution in [0.3, 0.4) is 0 Å². The lowest BCUT2D eigenvalue weighted by molar-refractivity contribution is 0.582. The van der Waals surface area contributed by atoms with Gasteiger partial charge in [-0.3, -0.25) is 0 Å². The van der Waals surface area contributed by atoms with E-state index in [4.69, 9.17) is 23.2 Å². The van der Waals surface area contributed by atoms with Crippen molar-refractivity contribution in [2.24, 2.45) is 0 Å². The predicted octanol–water partition coefficient (Wildman–Crippen LogP) is 4.94. The summed E-state index contributed by atoms with van der Waals surface area (Å²) in [5.74, 6) is 0. The highest BCUT2D eigenvalue weighted by Gasteiger charge is 1.97. The molecule has 0 aliphatic heterocycles. The molecule has 0 unspecified atom stereocenters. The molecule has 0 N–H and O–H groups in total. The van der Waals surface area contributed by atoms with Crippen molar-refractivity contribution in [2.45, 2.75) is 75.2 Å². The van der Waals surface area contributed by atoms with Crippen molar-refractivity contribution >= 4 is 32.7 Å². The Morgan fingerprint density at radius 2 is 1.40 bits per heavy atom. The molecule has 0 aromatic rings. The van der Waals surface area contributed by atoms with E-state index in [2.05, 4.69) is 6.92 Å². The first kappa shape index (κ1) is 15.8. The Balaban J connectivity index is 2.87. The van der Waals surface area contributed by atoms with E-state index in [9.17, 15) is 0 Å². The summed E-state index contributed by atoms with van der Waals surface area (Å²) in [5, 5.41) is 0. The molecule has 0 amide bonds. The number of alkyl halides is 2. The van der Waals surface area contributed by atoms with Gasteiger partial charge in [-0.15, -0.1) is 23.2 Å². The van der Waals surface area contributed by atoms with Crippen LogP contribution in [0, 0.1) is 0 Å². The summed E-state index contributed by atoms with van der Waals surface area (Å²) < 4.78 is 0. The molecule has 3 heteroatoms. The molecular weight excluding hydrogens is 243 g/mol. The van der Waals surface area contributed by atoms with Gasteiger partial charge in [0.2, 0.25) is 0 Å². The van der Waals surface area contributed by atoms with Crippen molar-refractivity contribution in [1.29, 1.82) is 0 Å². The van der Waals surface area contributed by atoms with Gasteiger partial charge in [-0.1, -0.05) is 64.0 Å². The lowest BCUT2D eigenvalue weighted by Crippen LogP contribution is -1.88. The van der Waals surface area contributed by atoms with E-state index >= 15 is 0 Å². The quantitative estimate of drug-likeness (QED) is 0.283. The van der Waals surface area contributed by atoms with E-state index in [-0.39, 0.29) is 4.84 Å². The normalized spacial score (nSPS) is 12.0. The van der Waals surface area contributed by atoms with Crippen molar-refractivity contribution in [3.05, 3.63) is 0 Å². The molecule has 15 heavy (non-hydrogen) atoms. The van der Waals surface area contributed by atoms with Crippen LogP contribution in [0.2, 0.25) is 12.1 Å². The molecule has 0 aromatic carbocycles. The molecule has 0 atom stereocenters. The summed E-state index contributed by atoms with van der Waals surface area (Å²) in [6.07, 6.45) is 10.6. The monoisotopic (exact) mass is 268 g/mol. The van der Waals surface area contributed by atoms with Gasteiger partial charge >= 0.3 is 0 Å². The van der Waals surface area contributed by atoms with Crippen LogP contribution in [0.15, 0.2) is 0 Å². The van der Waals surface area contributed by atoms with Crippen molar-refractivity contribution in [3.8, 4) is 0 Å². The molecule has 0 rings (SSSR count). The van der Waals surface area contributed by atoms with E-state index in [0.29, 0.717) is 9.52 Å². The maximum Gasteiger partial charge on any atom is 0.107 e. The first-order valence-corrected chi connectivity index (χ1v) is 9.42. The van der Waals surface area contributed by atoms with Crippen molar-refractivity contribution < 1.29 is 0 Å². The summed E-state index contributed by atoms with van der Waals surface area (Å²) in [5.41, 5.74) is 0. The average Bonchev–Trinajstić information content (AvgIpc) is 2.20. The fraction of sp³-hybridized carbons (Fsp3) is 1.00. The molecule has 0 saturated heterocycles. The van der Waals surface area contributed by atoms with Gasteiger partial charge in [-0.2, -0.15) is 0 Å². The molecule has 0 heterocycles. The lowest BCUT2D eigenvalue weighted by atomic mass is 10.1. The van der Waals surface area contributed by atoms with Gasteiger partial charge in [-0.05, 0) is 6.42 Å². The van der Waals surface area contributed by atoms with Gasteiger partial charge in [0.25, 0.3) is 0 Å². The Labute approximate surface area is 108 Å². The van der Waals surface area contributed by atoms with Crippen LogP contribution in [0.1, 0.15) is 58.3 Å². The molecule has 0 saturated carbocycles. The number of hydrogen-bond donors (Lipinski definition) is 0. The second-order valence-electron chi connectivity index (χ2n) is 4.36. The standard InChI is InChI=1S/C12H26Cl2Si/c1-2-15-11-9-7-5-3-4-6-8-10-12(13)14/h12H,2-11,15H2,1H3. The Morgan fingerprint density at radius 3 is 1.93 bits per heavy atom. The Kier molecular flexibility index (Phi) is 13.5. The van der Waals surface area contributed by atoms with Gasteiger partial charge in [0.05, 0.1) is 0 Å². The molecule has 92 valence electrons. The molecule has 0 radical (unpaired) electrons. The van der Waals surface area contributed by atoms with Crippen LogP contribution in [0.4, 0.5) is 0 Å². The van der Waals surface area contributed by atoms with Gasteiger partial charge in [0.15, 0.2) is 0 Å². The molecule has 0 fully saturated rings. The van der Waals surface area contributed by atoms with Crippen LogP contribution in [-0.4, -0.2) is 14.4 Å². The first-order valence-electron chi connectivity index (χ1n) is 6.55. The summed E-state index contributed by atoms with van der Waals surface area (Å²) in [6, 6.07) is 3.05. The largest absolute Gasteiger partial charge is 0.107 e. The van der Waals surface area contributed by atoms with Crippen molar-refractivity contribution in [3.63, 3.8) is 0 Å². The minimum atomic E-state index is -0.149. The zero-order valence-electron chi connectivity index (χ0n) is 10.1. The van der Waals surface area contributed by atoms with Crippen LogP contribution >= 0.6 is 23.2 Å². The fourth-order valence-corrected chi connectivity index (χ4v) is 3.30. The maximum atomic E-state index is 5.66. The number of unbranched alkanes of at least 4 members (excludes halogenated alkanes) is 6. The van der Waals surface area contributed by atoms with E-state index < -0.39 is 0 Å². The van der Waals surface area contributed by atoms with Crippen LogP contribution in [0.25, 0.3) is 0 Å². The average molecular weight is 269 g/mol. The van der Waals surface area contributed by atoms with Gasteiger partial charge in [0, 0.05) is 9.52 Å². The highest BCUT2D eigenvalue weighted by molar-refractivity contribution is 6.44. The van der Waals surface area contributed by atoms with E-state index in [1.165, 1.54) is 51.0 Å². The van der Waals surface area contributed by atoms with Gasteiger partial charge in [0.1, 0.15) is 4.84 Å². The maximum absolute atomic E-state index is 5.66. The van der Waals surface area contributed by atoms with Crippen LogP contribution in [-0.2, 0) is 0 Å². The fourth-order valence-electron chi connectivity index (χ4n) is 1.79. The minimum absolute atomic E-state index is 0.149. The van der Waals surface area contributed by atoms with Crippen LogP contribution in [0.5, 0.6) is 0 Å². The zero-order chi connectivity index (χ0) is 11.4. The molecule has 0 aliphatic carbocycles. The molecule has 0 aliphatic rings. The van der Waals surface area contributed by atoms with Crippen molar-refractivity contribution in [1.82, 2.24) is 0 Å². The van der Waals surface area contributed by atoms with Crippen LogP contribution < -0.4 is 0 Å². The third kappa shape index (κ3) is 14.8. The number of hydrogen-bond acceptors (Lipinski definition) is 0. The van der Waals surface area contributed by atoms with Crippen molar-refractivity contribution in [2.75, 3.05) is 0 Å². The molecule has 0 bridgehead atoms. The summed E-state index contributed by atoms with van der Waals surface area (Å²) >= 11 is 11.3. The second-order valence-corrected chi connectivity index (χ2v) is 8.05. The lowest BCUT2D eigenvalue weighted by Gasteiger charge is -2.02. The topological polar surface area (TPSA) is 0 Å². The smallest absolute Gasteiger partial charge is 0.105 e. The van der Waals surface area contributed by atoms with E-state index in [1.807, 2.05) is 0 Å². The summed E-state index contributed by atoms with van der Waals surface area (Å²) in [6.45, 7) is 2.33. The Bertz CT molecular complexity index is 118. The minimum Gasteiger partial charge on any atom is -0.105 e. The van der Waals surface area contributed by atoms with E-state index in [0.717, 1.165) is 6.42 Å². The van der Waals surface area contributed by atoms with Gasteiger partial charge in [-0.25, -0.2) is 0 Å². The number of rotatable bonds is 11. The third-order valence-electron chi connectivity index (χ3n) is 2.78. The zero-order valence-corrected chi connectivity index (χ0v) is 13.0. The van der Waals surface area contributed by atoms with E-state index in [1.54, 1.807) is 6.04 Å². The molecular formula is C12H26Cl2Si. The Morgan fingerprint density at radius 1 is 0.867 bits per heavy atom.